The van der Waals surface area contributed by atoms with Gasteiger partial charge in [0, 0.05) is 11.8 Å². The summed E-state index contributed by atoms with van der Waals surface area (Å²) in [5, 5.41) is 37.4. The zero-order valence-electron chi connectivity index (χ0n) is 24.9. The summed E-state index contributed by atoms with van der Waals surface area (Å²) in [5.74, 6) is -0.834. The van der Waals surface area contributed by atoms with Crippen molar-refractivity contribution in [1.29, 1.82) is 0 Å². The van der Waals surface area contributed by atoms with Gasteiger partial charge in [0.1, 0.15) is 6.23 Å². The maximum atomic E-state index is 12.0. The van der Waals surface area contributed by atoms with Crippen LogP contribution in [0.25, 0.3) is 0 Å². The van der Waals surface area contributed by atoms with Crippen LogP contribution in [0.3, 0.4) is 0 Å². The van der Waals surface area contributed by atoms with Crippen LogP contribution < -0.4 is 0 Å². The number of carbonyl (C=O) groups is 4. The topological polar surface area (TPSA) is 156 Å². The van der Waals surface area contributed by atoms with Gasteiger partial charge in [0.25, 0.3) is 0 Å². The highest BCUT2D eigenvalue weighted by molar-refractivity contribution is 6.09. The van der Waals surface area contributed by atoms with Gasteiger partial charge in [-0.25, -0.2) is 0 Å². The van der Waals surface area contributed by atoms with Crippen LogP contribution in [-0.4, -0.2) is 73.4 Å². The Labute approximate surface area is 256 Å². The number of piperidine rings is 2. The SMILES string of the molecule is CC(C)=C[C@@H]1CC1C(=O)O.O=C1[C@H]2C[C@H]2C(=O)N1C(CO)c1ccccc1.O=C1[C@H]2C[C@H]2C(O)N1C(CO)c1ccccc1. The summed E-state index contributed by atoms with van der Waals surface area (Å²) in [7, 11) is 0. The predicted octanol–water partition coefficient (Wildman–Crippen LogP) is 2.91. The Hall–Kier alpha value is -3.86. The molecule has 2 aromatic carbocycles. The number of aliphatic carboxylic acids is 1. The van der Waals surface area contributed by atoms with E-state index in [0.29, 0.717) is 12.3 Å². The van der Waals surface area contributed by atoms with Crippen molar-refractivity contribution in [2.45, 2.75) is 51.4 Å². The lowest BCUT2D eigenvalue weighted by molar-refractivity contribution is -0.145. The first-order valence-electron chi connectivity index (χ1n) is 15.2. The third-order valence-electron chi connectivity index (χ3n) is 9.05. The standard InChI is InChI=1S/C13H15NO3.C13H13NO3.C8H12O2/c2*15-7-11(8-4-2-1-3-5-8)14-12(16)9-6-10(9)13(14)17;1-5(2)3-6-4-7(6)8(9)10/h1-5,9-12,15-16H,6-7H2;1-5,9-11,15H,6-7H2;3,6-7H,4H2,1-2H3,(H,9,10)/t9-,10+,11?,12?;9-,10+,11?;6-,7?/m1.1/s1. The second kappa shape index (κ2) is 13.0. The number of fused-ring (bicyclic) bond motifs is 2. The minimum atomic E-state index is -0.732. The van der Waals surface area contributed by atoms with Gasteiger partial charge in [0.05, 0.1) is 43.1 Å². The molecule has 0 radical (unpaired) electrons. The van der Waals surface area contributed by atoms with Gasteiger partial charge in [0.2, 0.25) is 17.7 Å². The van der Waals surface area contributed by atoms with Crippen LogP contribution in [0.5, 0.6) is 0 Å². The molecule has 5 fully saturated rings. The number of hydrogen-bond donors (Lipinski definition) is 4. The van der Waals surface area contributed by atoms with Crippen LogP contribution in [0, 0.1) is 35.5 Å². The summed E-state index contributed by atoms with van der Waals surface area (Å²) < 4.78 is 0. The van der Waals surface area contributed by atoms with Gasteiger partial charge in [-0.1, -0.05) is 72.3 Å². The Morgan fingerprint density at radius 1 is 0.795 bits per heavy atom. The van der Waals surface area contributed by atoms with Gasteiger partial charge < -0.3 is 25.3 Å². The second-order valence-electron chi connectivity index (χ2n) is 12.5. The minimum absolute atomic E-state index is 0.0113. The summed E-state index contributed by atoms with van der Waals surface area (Å²) >= 11 is 0. The lowest BCUT2D eigenvalue weighted by Gasteiger charge is -2.31. The summed E-state index contributed by atoms with van der Waals surface area (Å²) in [4.78, 5) is 48.8. The molecule has 2 aromatic rings. The fourth-order valence-corrected chi connectivity index (χ4v) is 6.36. The van der Waals surface area contributed by atoms with Gasteiger partial charge in [-0.2, -0.15) is 0 Å². The van der Waals surface area contributed by atoms with Gasteiger partial charge in [0.15, 0.2) is 0 Å². The molecule has 3 amide bonds. The molecule has 4 unspecified atom stereocenters. The predicted molar refractivity (Wildman–Crippen MR) is 159 cm³/mol. The lowest BCUT2D eigenvalue weighted by Crippen LogP contribution is -2.41. The Bertz CT molecular complexity index is 1390. The molecule has 2 heterocycles. The Balaban J connectivity index is 0.000000136. The van der Waals surface area contributed by atoms with Crippen LogP contribution in [0.15, 0.2) is 72.3 Å². The highest BCUT2D eigenvalue weighted by Gasteiger charge is 2.61. The first-order valence-corrected chi connectivity index (χ1v) is 15.2. The van der Waals surface area contributed by atoms with E-state index in [1.54, 1.807) is 0 Å². The number of benzene rings is 2. The molecular formula is C34H40N2O8. The van der Waals surface area contributed by atoms with E-state index in [-0.39, 0.29) is 60.5 Å². The van der Waals surface area contributed by atoms with E-state index in [2.05, 4.69) is 0 Å². The largest absolute Gasteiger partial charge is 0.481 e. The Morgan fingerprint density at radius 2 is 1.32 bits per heavy atom. The highest BCUT2D eigenvalue weighted by atomic mass is 16.4. The second-order valence-corrected chi connectivity index (χ2v) is 12.5. The van der Waals surface area contributed by atoms with Gasteiger partial charge >= 0.3 is 5.97 Å². The van der Waals surface area contributed by atoms with E-state index < -0.39 is 24.3 Å². The molecule has 9 atom stereocenters. The molecule has 10 nitrogen and oxygen atoms in total. The Morgan fingerprint density at radius 3 is 1.73 bits per heavy atom. The molecule has 0 aromatic heterocycles. The van der Waals surface area contributed by atoms with Crippen LogP contribution >= 0.6 is 0 Å². The number of nitrogens with zero attached hydrogens (tertiary/aromatic N) is 2. The summed E-state index contributed by atoms with van der Waals surface area (Å²) in [6.45, 7) is 3.61. The molecule has 5 aliphatic rings. The molecule has 3 aliphatic carbocycles. The number of carboxylic acid groups (broad SMARTS) is 1. The van der Waals surface area contributed by atoms with Gasteiger partial charge in [-0.05, 0) is 50.2 Å². The average molecular weight is 605 g/mol. The van der Waals surface area contributed by atoms with Crippen molar-refractivity contribution in [3.8, 4) is 0 Å². The van der Waals surface area contributed by atoms with Crippen molar-refractivity contribution >= 4 is 23.7 Å². The number of aliphatic hydroxyl groups excluding tert-OH is 3. The highest BCUT2D eigenvalue weighted by Crippen LogP contribution is 2.52. The zero-order chi connectivity index (χ0) is 31.7. The summed E-state index contributed by atoms with van der Waals surface area (Å²) in [6, 6.07) is 17.6. The molecule has 44 heavy (non-hydrogen) atoms. The van der Waals surface area contributed by atoms with Crippen LogP contribution in [0.1, 0.15) is 56.3 Å². The zero-order valence-corrected chi connectivity index (χ0v) is 24.9. The van der Waals surface area contributed by atoms with Gasteiger partial charge in [-0.3, -0.25) is 24.1 Å². The number of carboxylic acids is 1. The lowest BCUT2D eigenvalue weighted by atomic mass is 10.1. The normalized spacial score (nSPS) is 30.1. The monoisotopic (exact) mass is 604 g/mol. The number of allylic oxidation sites excluding steroid dienone is 2. The molecule has 0 spiro atoms. The summed E-state index contributed by atoms with van der Waals surface area (Å²) in [5.41, 5.74) is 2.88. The first kappa shape index (κ1) is 31.6. The van der Waals surface area contributed by atoms with Crippen molar-refractivity contribution in [3.63, 3.8) is 0 Å². The van der Waals surface area contributed by atoms with Crippen molar-refractivity contribution in [2.24, 2.45) is 35.5 Å². The number of aliphatic hydroxyl groups is 3. The van der Waals surface area contributed by atoms with Crippen LogP contribution in [0.2, 0.25) is 0 Å². The first-order chi connectivity index (χ1) is 21.1. The molecule has 10 heteroatoms. The maximum absolute atomic E-state index is 12.0. The smallest absolute Gasteiger partial charge is 0.307 e. The number of rotatable bonds is 8. The number of amides is 3. The summed E-state index contributed by atoms with van der Waals surface area (Å²) in [6.07, 6.45) is 3.63. The maximum Gasteiger partial charge on any atom is 0.307 e. The minimum Gasteiger partial charge on any atom is -0.481 e. The fraction of sp³-hybridized carbons (Fsp3) is 0.471. The molecule has 2 saturated heterocycles. The van der Waals surface area contributed by atoms with Crippen molar-refractivity contribution < 1.29 is 39.6 Å². The quantitative estimate of drug-likeness (QED) is 0.265. The molecule has 3 saturated carbocycles. The average Bonchev–Trinajstić information content (AvgIpc) is 3.91. The number of imide groups is 1. The molecule has 2 aliphatic heterocycles. The van der Waals surface area contributed by atoms with E-state index in [0.717, 1.165) is 24.0 Å². The third-order valence-corrected chi connectivity index (χ3v) is 9.05. The molecule has 7 rings (SSSR count). The van der Waals surface area contributed by atoms with E-state index >= 15 is 0 Å². The number of carbonyl (C=O) groups excluding carboxylic acids is 3. The van der Waals surface area contributed by atoms with Crippen molar-refractivity contribution in [2.75, 3.05) is 13.2 Å². The van der Waals surface area contributed by atoms with Crippen molar-refractivity contribution in [1.82, 2.24) is 9.80 Å². The van der Waals surface area contributed by atoms with E-state index in [1.165, 1.54) is 15.4 Å². The molecule has 4 N–H and O–H groups in total. The Kier molecular flexibility index (Phi) is 9.34. The third kappa shape index (κ3) is 6.47. The van der Waals surface area contributed by atoms with E-state index in [9.17, 15) is 34.5 Å². The van der Waals surface area contributed by atoms with Crippen molar-refractivity contribution in [3.05, 3.63) is 83.4 Å². The molecule has 234 valence electrons. The number of likely N-dealkylation sites (tertiary alicyclic amines) is 2. The van der Waals surface area contributed by atoms with Crippen LogP contribution in [-0.2, 0) is 19.2 Å². The molecular weight excluding hydrogens is 564 g/mol. The fourth-order valence-electron chi connectivity index (χ4n) is 6.36. The van der Waals surface area contributed by atoms with E-state index in [4.69, 9.17) is 5.11 Å². The van der Waals surface area contributed by atoms with Crippen LogP contribution in [0.4, 0.5) is 0 Å². The van der Waals surface area contributed by atoms with Gasteiger partial charge in [-0.15, -0.1) is 0 Å². The van der Waals surface area contributed by atoms with E-state index in [1.807, 2.05) is 80.6 Å². The number of hydrogen-bond acceptors (Lipinski definition) is 7. The molecule has 0 bridgehead atoms.